The van der Waals surface area contributed by atoms with Crippen molar-refractivity contribution in [1.29, 1.82) is 0 Å². The van der Waals surface area contributed by atoms with Gasteiger partial charge in [0.25, 0.3) is 0 Å². The first-order chi connectivity index (χ1) is 9.65. The van der Waals surface area contributed by atoms with Gasteiger partial charge in [-0.2, -0.15) is 0 Å². The van der Waals surface area contributed by atoms with Gasteiger partial charge in [-0.05, 0) is 48.2 Å². The van der Waals surface area contributed by atoms with E-state index in [9.17, 15) is 8.78 Å². The number of methoxy groups -OCH3 is 1. The van der Waals surface area contributed by atoms with Crippen molar-refractivity contribution in [1.82, 2.24) is 0 Å². The standard InChI is InChI=1S/C17H16F2O/c1-3-4-5-12-6-8-15(18)14(10-12)13-7-9-17(20-2)16(19)11-13/h3,6-11H,1,4-5H2,2H3. The van der Waals surface area contributed by atoms with E-state index < -0.39 is 5.82 Å². The van der Waals surface area contributed by atoms with Gasteiger partial charge >= 0.3 is 0 Å². The van der Waals surface area contributed by atoms with E-state index in [1.807, 2.05) is 6.08 Å². The van der Waals surface area contributed by atoms with Gasteiger partial charge in [0.1, 0.15) is 5.82 Å². The smallest absolute Gasteiger partial charge is 0.165 e. The molecule has 0 N–H and O–H groups in total. The van der Waals surface area contributed by atoms with Crippen LogP contribution in [0.3, 0.4) is 0 Å². The Hall–Kier alpha value is -2.16. The zero-order valence-electron chi connectivity index (χ0n) is 11.3. The van der Waals surface area contributed by atoms with Gasteiger partial charge in [0.15, 0.2) is 11.6 Å². The van der Waals surface area contributed by atoms with Crippen LogP contribution in [0.25, 0.3) is 11.1 Å². The van der Waals surface area contributed by atoms with E-state index in [4.69, 9.17) is 4.74 Å². The molecule has 104 valence electrons. The fourth-order valence-corrected chi connectivity index (χ4v) is 2.05. The molecule has 0 radical (unpaired) electrons. The summed E-state index contributed by atoms with van der Waals surface area (Å²) in [7, 11) is 1.40. The molecule has 0 bridgehead atoms. The van der Waals surface area contributed by atoms with Crippen LogP contribution in [-0.2, 0) is 6.42 Å². The van der Waals surface area contributed by atoms with Gasteiger partial charge in [0, 0.05) is 5.56 Å². The Morgan fingerprint density at radius 3 is 2.55 bits per heavy atom. The Morgan fingerprint density at radius 2 is 1.90 bits per heavy atom. The van der Waals surface area contributed by atoms with Crippen LogP contribution >= 0.6 is 0 Å². The fourth-order valence-electron chi connectivity index (χ4n) is 2.05. The minimum absolute atomic E-state index is 0.150. The van der Waals surface area contributed by atoms with Crippen molar-refractivity contribution in [2.75, 3.05) is 7.11 Å². The largest absolute Gasteiger partial charge is 0.494 e. The van der Waals surface area contributed by atoms with Crippen LogP contribution in [0.5, 0.6) is 5.75 Å². The average Bonchev–Trinajstić information content (AvgIpc) is 2.46. The SMILES string of the molecule is C=CCCc1ccc(F)c(-c2ccc(OC)c(F)c2)c1. The first-order valence-corrected chi connectivity index (χ1v) is 6.39. The first kappa shape index (κ1) is 14.3. The fraction of sp³-hybridized carbons (Fsp3) is 0.176. The van der Waals surface area contributed by atoms with Crippen LogP contribution in [0.2, 0.25) is 0 Å². The topological polar surface area (TPSA) is 9.23 Å². The van der Waals surface area contributed by atoms with Gasteiger partial charge in [-0.3, -0.25) is 0 Å². The van der Waals surface area contributed by atoms with E-state index in [0.717, 1.165) is 18.4 Å². The van der Waals surface area contributed by atoms with Crippen LogP contribution in [0.15, 0.2) is 49.1 Å². The highest BCUT2D eigenvalue weighted by atomic mass is 19.1. The molecule has 0 atom stereocenters. The molecule has 0 aliphatic heterocycles. The second kappa shape index (κ2) is 6.33. The van der Waals surface area contributed by atoms with E-state index in [1.165, 1.54) is 25.3 Å². The lowest BCUT2D eigenvalue weighted by atomic mass is 10.00. The summed E-state index contributed by atoms with van der Waals surface area (Å²) in [4.78, 5) is 0. The summed E-state index contributed by atoms with van der Waals surface area (Å²) in [6.07, 6.45) is 3.42. The molecule has 0 aromatic heterocycles. The maximum absolute atomic E-state index is 13.9. The molecule has 0 spiro atoms. The molecule has 1 nitrogen and oxygen atoms in total. The lowest BCUT2D eigenvalue weighted by Gasteiger charge is -2.08. The average molecular weight is 274 g/mol. The second-order valence-electron chi connectivity index (χ2n) is 4.49. The van der Waals surface area contributed by atoms with Crippen LogP contribution in [0, 0.1) is 11.6 Å². The highest BCUT2D eigenvalue weighted by Gasteiger charge is 2.10. The maximum atomic E-state index is 13.9. The molecule has 0 fully saturated rings. The monoisotopic (exact) mass is 274 g/mol. The van der Waals surface area contributed by atoms with E-state index >= 15 is 0 Å². The molecular formula is C17H16F2O. The number of halogens is 2. The third-order valence-electron chi connectivity index (χ3n) is 3.13. The Morgan fingerprint density at radius 1 is 1.10 bits per heavy atom. The quantitative estimate of drug-likeness (QED) is 0.714. The molecule has 2 aromatic rings. The lowest BCUT2D eigenvalue weighted by molar-refractivity contribution is 0.386. The molecular weight excluding hydrogens is 258 g/mol. The zero-order valence-corrected chi connectivity index (χ0v) is 11.3. The van der Waals surface area contributed by atoms with E-state index in [0.29, 0.717) is 11.1 Å². The molecule has 20 heavy (non-hydrogen) atoms. The predicted molar refractivity (Wildman–Crippen MR) is 76.9 cm³/mol. The van der Waals surface area contributed by atoms with Gasteiger partial charge in [0.2, 0.25) is 0 Å². The van der Waals surface area contributed by atoms with E-state index in [2.05, 4.69) is 6.58 Å². The Balaban J connectivity index is 2.40. The van der Waals surface area contributed by atoms with Gasteiger partial charge in [0.05, 0.1) is 7.11 Å². The number of hydrogen-bond acceptors (Lipinski definition) is 1. The van der Waals surface area contributed by atoms with E-state index in [1.54, 1.807) is 18.2 Å². The van der Waals surface area contributed by atoms with Crippen LogP contribution in [0.4, 0.5) is 8.78 Å². The number of rotatable bonds is 5. The second-order valence-corrected chi connectivity index (χ2v) is 4.49. The summed E-state index contributed by atoms with van der Waals surface area (Å²) < 4.78 is 32.5. The van der Waals surface area contributed by atoms with Crippen molar-refractivity contribution < 1.29 is 13.5 Å². The normalized spacial score (nSPS) is 10.3. The lowest BCUT2D eigenvalue weighted by Crippen LogP contribution is -1.92. The molecule has 3 heteroatoms. The minimum atomic E-state index is -0.499. The molecule has 2 rings (SSSR count). The maximum Gasteiger partial charge on any atom is 0.165 e. The number of allylic oxidation sites excluding steroid dienone is 1. The molecule has 0 heterocycles. The summed E-state index contributed by atoms with van der Waals surface area (Å²) in [5.41, 5.74) is 1.90. The third kappa shape index (κ3) is 3.05. The van der Waals surface area contributed by atoms with Crippen molar-refractivity contribution >= 4 is 0 Å². The summed E-state index contributed by atoms with van der Waals surface area (Å²) in [6.45, 7) is 3.67. The highest BCUT2D eigenvalue weighted by Crippen LogP contribution is 2.28. The van der Waals surface area contributed by atoms with Crippen molar-refractivity contribution in [3.63, 3.8) is 0 Å². The number of hydrogen-bond donors (Lipinski definition) is 0. The minimum Gasteiger partial charge on any atom is -0.494 e. The number of benzene rings is 2. The summed E-state index contributed by atoms with van der Waals surface area (Å²) in [6, 6.07) is 9.34. The van der Waals surface area contributed by atoms with Crippen LogP contribution < -0.4 is 4.74 Å². The molecule has 0 unspecified atom stereocenters. The summed E-state index contributed by atoms with van der Waals surface area (Å²) in [5.74, 6) is -0.713. The summed E-state index contributed by atoms with van der Waals surface area (Å²) >= 11 is 0. The number of aryl methyl sites for hydroxylation is 1. The zero-order chi connectivity index (χ0) is 14.5. The molecule has 0 aliphatic rings. The Bertz CT molecular complexity index is 620. The van der Waals surface area contributed by atoms with Crippen molar-refractivity contribution in [2.24, 2.45) is 0 Å². The van der Waals surface area contributed by atoms with Crippen molar-refractivity contribution in [2.45, 2.75) is 12.8 Å². The molecule has 0 saturated carbocycles. The number of ether oxygens (including phenoxy) is 1. The van der Waals surface area contributed by atoms with Crippen molar-refractivity contribution in [3.8, 4) is 16.9 Å². The first-order valence-electron chi connectivity index (χ1n) is 6.39. The van der Waals surface area contributed by atoms with Gasteiger partial charge in [-0.25, -0.2) is 8.78 Å². The Labute approximate surface area is 117 Å². The van der Waals surface area contributed by atoms with E-state index in [-0.39, 0.29) is 11.6 Å². The van der Waals surface area contributed by atoms with Gasteiger partial charge in [-0.15, -0.1) is 6.58 Å². The third-order valence-corrected chi connectivity index (χ3v) is 3.13. The van der Waals surface area contributed by atoms with Gasteiger partial charge in [-0.1, -0.05) is 18.2 Å². The molecule has 0 amide bonds. The van der Waals surface area contributed by atoms with Crippen LogP contribution in [-0.4, -0.2) is 7.11 Å². The molecule has 0 aliphatic carbocycles. The van der Waals surface area contributed by atoms with Crippen LogP contribution in [0.1, 0.15) is 12.0 Å². The predicted octanol–water partition coefficient (Wildman–Crippen LogP) is 4.76. The van der Waals surface area contributed by atoms with Crippen molar-refractivity contribution in [3.05, 3.63) is 66.3 Å². The molecule has 0 saturated heterocycles. The highest BCUT2D eigenvalue weighted by molar-refractivity contribution is 5.66. The Kier molecular flexibility index (Phi) is 4.51. The molecule has 2 aromatic carbocycles. The summed E-state index contributed by atoms with van der Waals surface area (Å²) in [5, 5.41) is 0. The van der Waals surface area contributed by atoms with Gasteiger partial charge < -0.3 is 4.74 Å².